The number of anilines is 1. The van der Waals surface area contributed by atoms with Gasteiger partial charge in [0.1, 0.15) is 0 Å². The second-order valence-corrected chi connectivity index (χ2v) is 7.23. The average molecular weight is 374 g/mol. The Hall–Kier alpha value is -2.48. The number of carbonyl (C=O) groups excluding carboxylic acids is 1. The van der Waals surface area contributed by atoms with E-state index in [4.69, 9.17) is 9.26 Å². The zero-order valence-corrected chi connectivity index (χ0v) is 15.3. The van der Waals surface area contributed by atoms with Gasteiger partial charge in [-0.25, -0.2) is 9.18 Å². The molecule has 2 aliphatic rings. The van der Waals surface area contributed by atoms with Gasteiger partial charge in [-0.3, -0.25) is 0 Å². The molecule has 2 fully saturated rings. The molecular formula is C19H23FN4O3. The van der Waals surface area contributed by atoms with Gasteiger partial charge in [-0.2, -0.15) is 4.98 Å². The Balaban J connectivity index is 1.42. The number of alkyl halides is 1. The number of nitrogens with zero attached hydrogens (tertiary/aromatic N) is 3. The highest BCUT2D eigenvalue weighted by molar-refractivity contribution is 5.90. The summed E-state index contributed by atoms with van der Waals surface area (Å²) < 4.78 is 26.0. The van der Waals surface area contributed by atoms with Gasteiger partial charge in [-0.1, -0.05) is 23.4 Å². The molecule has 2 saturated heterocycles. The van der Waals surface area contributed by atoms with E-state index in [0.29, 0.717) is 25.6 Å². The summed E-state index contributed by atoms with van der Waals surface area (Å²) in [5.41, 5.74) is -0.132. The molecule has 27 heavy (non-hydrogen) atoms. The monoisotopic (exact) mass is 374 g/mol. The van der Waals surface area contributed by atoms with Crippen molar-refractivity contribution in [3.05, 3.63) is 41.5 Å². The van der Waals surface area contributed by atoms with Crippen molar-refractivity contribution >= 4 is 11.7 Å². The zero-order valence-electron chi connectivity index (χ0n) is 15.3. The summed E-state index contributed by atoms with van der Waals surface area (Å²) in [6, 6.07) is 7.16. The molecule has 0 saturated carbocycles. The number of benzene rings is 1. The fraction of sp³-hybridized carbons (Fsp3) is 0.526. The van der Waals surface area contributed by atoms with Crippen LogP contribution >= 0.6 is 0 Å². The Bertz CT molecular complexity index is 821. The second-order valence-electron chi connectivity index (χ2n) is 7.23. The molecule has 0 aliphatic carbocycles. The normalized spacial score (nSPS) is 23.6. The molecule has 0 radical (unpaired) electrons. The Morgan fingerprint density at radius 1 is 1.33 bits per heavy atom. The van der Waals surface area contributed by atoms with Crippen LogP contribution in [0.3, 0.4) is 0 Å². The van der Waals surface area contributed by atoms with Crippen LogP contribution in [-0.2, 0) is 10.4 Å². The SMILES string of the molecule is Cc1ccccc1NC(=O)N1CCC(F)(c2nc(C3CCOCC3)no2)C1. The number of ether oxygens (including phenoxy) is 1. The minimum Gasteiger partial charge on any atom is -0.381 e. The molecule has 7 nitrogen and oxygen atoms in total. The lowest BCUT2D eigenvalue weighted by atomic mass is 9.99. The van der Waals surface area contributed by atoms with Crippen molar-refractivity contribution in [2.24, 2.45) is 0 Å². The number of amides is 2. The molecule has 1 unspecified atom stereocenters. The third-order valence-electron chi connectivity index (χ3n) is 5.30. The van der Waals surface area contributed by atoms with Crippen molar-refractivity contribution in [1.82, 2.24) is 15.0 Å². The molecule has 144 valence electrons. The fourth-order valence-corrected chi connectivity index (χ4v) is 3.57. The first kappa shape index (κ1) is 17.9. The number of rotatable bonds is 3. The number of nitrogens with one attached hydrogen (secondary N) is 1. The van der Waals surface area contributed by atoms with Crippen molar-refractivity contribution < 1.29 is 18.4 Å². The average Bonchev–Trinajstić information content (AvgIpc) is 3.33. The van der Waals surface area contributed by atoms with Crippen LogP contribution in [0.2, 0.25) is 0 Å². The number of aryl methyl sites for hydroxylation is 1. The van der Waals surface area contributed by atoms with Gasteiger partial charge in [0.05, 0.1) is 6.54 Å². The smallest absolute Gasteiger partial charge is 0.321 e. The molecule has 2 aliphatic heterocycles. The van der Waals surface area contributed by atoms with Gasteiger partial charge in [0.15, 0.2) is 5.82 Å². The lowest BCUT2D eigenvalue weighted by molar-refractivity contribution is 0.0830. The maximum Gasteiger partial charge on any atom is 0.321 e. The fourth-order valence-electron chi connectivity index (χ4n) is 3.57. The molecule has 1 N–H and O–H groups in total. The lowest BCUT2D eigenvalue weighted by Gasteiger charge is -2.19. The van der Waals surface area contributed by atoms with Crippen LogP contribution < -0.4 is 5.32 Å². The molecule has 2 amide bonds. The van der Waals surface area contributed by atoms with Gasteiger partial charge in [0.25, 0.3) is 5.89 Å². The minimum atomic E-state index is -1.81. The van der Waals surface area contributed by atoms with Gasteiger partial charge in [-0.15, -0.1) is 0 Å². The molecule has 2 aromatic rings. The summed E-state index contributed by atoms with van der Waals surface area (Å²) in [6.45, 7) is 3.42. The summed E-state index contributed by atoms with van der Waals surface area (Å²) in [5, 5.41) is 6.82. The molecule has 0 spiro atoms. The van der Waals surface area contributed by atoms with Crippen molar-refractivity contribution in [3.8, 4) is 0 Å². The number of hydrogen-bond donors (Lipinski definition) is 1. The maximum atomic E-state index is 15.4. The van der Waals surface area contributed by atoms with E-state index in [2.05, 4.69) is 15.5 Å². The van der Waals surface area contributed by atoms with Gasteiger partial charge in [-0.05, 0) is 31.4 Å². The van der Waals surface area contributed by atoms with Crippen LogP contribution in [0.25, 0.3) is 0 Å². The van der Waals surface area contributed by atoms with E-state index in [9.17, 15) is 4.79 Å². The summed E-state index contributed by atoms with van der Waals surface area (Å²) >= 11 is 0. The Labute approximate surface area is 156 Å². The topological polar surface area (TPSA) is 80.5 Å². The largest absolute Gasteiger partial charge is 0.381 e. The van der Waals surface area contributed by atoms with Crippen LogP contribution in [0.1, 0.15) is 42.5 Å². The highest BCUT2D eigenvalue weighted by Crippen LogP contribution is 2.36. The lowest BCUT2D eigenvalue weighted by Crippen LogP contribution is -2.35. The van der Waals surface area contributed by atoms with Gasteiger partial charge in [0.2, 0.25) is 5.67 Å². The standard InChI is InChI=1S/C19H23FN4O3/c1-13-4-2-3-5-15(13)21-18(25)24-9-8-19(20,12-24)17-22-16(23-27-17)14-6-10-26-11-7-14/h2-5,14H,6-12H2,1H3,(H,21,25). The number of aromatic nitrogens is 2. The third-order valence-corrected chi connectivity index (χ3v) is 5.30. The van der Waals surface area contributed by atoms with E-state index in [-0.39, 0.29) is 30.8 Å². The van der Waals surface area contributed by atoms with Crippen molar-refractivity contribution in [3.63, 3.8) is 0 Å². The summed E-state index contributed by atoms with van der Waals surface area (Å²) in [5.74, 6) is 0.644. The van der Waals surface area contributed by atoms with E-state index in [0.717, 1.165) is 24.1 Å². The van der Waals surface area contributed by atoms with Gasteiger partial charge in [0, 0.05) is 37.8 Å². The number of para-hydroxylation sites is 1. The Kier molecular flexibility index (Phi) is 4.82. The quantitative estimate of drug-likeness (QED) is 0.891. The number of halogens is 1. The molecule has 1 aromatic heterocycles. The molecular weight excluding hydrogens is 351 g/mol. The van der Waals surface area contributed by atoms with E-state index in [1.54, 1.807) is 0 Å². The number of urea groups is 1. The summed E-state index contributed by atoms with van der Waals surface area (Å²) in [6.07, 6.45) is 1.76. The van der Waals surface area contributed by atoms with Crippen molar-refractivity contribution in [2.45, 2.75) is 37.8 Å². The second kappa shape index (κ2) is 7.26. The predicted molar refractivity (Wildman–Crippen MR) is 96.3 cm³/mol. The van der Waals surface area contributed by atoms with E-state index >= 15 is 4.39 Å². The predicted octanol–water partition coefficient (Wildman–Crippen LogP) is 3.37. The molecule has 3 heterocycles. The first-order valence-corrected chi connectivity index (χ1v) is 9.27. The highest BCUT2D eigenvalue weighted by atomic mass is 19.1. The van der Waals surface area contributed by atoms with Crippen molar-refractivity contribution in [1.29, 1.82) is 0 Å². The molecule has 1 atom stereocenters. The highest BCUT2D eigenvalue weighted by Gasteiger charge is 2.46. The van der Waals surface area contributed by atoms with Crippen molar-refractivity contribution in [2.75, 3.05) is 31.6 Å². The van der Waals surface area contributed by atoms with Gasteiger partial charge >= 0.3 is 6.03 Å². The van der Waals surface area contributed by atoms with E-state index in [1.165, 1.54) is 4.90 Å². The summed E-state index contributed by atoms with van der Waals surface area (Å²) in [7, 11) is 0. The van der Waals surface area contributed by atoms with Gasteiger partial charge < -0.3 is 19.5 Å². The first-order valence-electron chi connectivity index (χ1n) is 9.27. The molecule has 4 rings (SSSR count). The third kappa shape index (κ3) is 3.66. The first-order chi connectivity index (χ1) is 13.0. The Morgan fingerprint density at radius 2 is 2.11 bits per heavy atom. The van der Waals surface area contributed by atoms with E-state index < -0.39 is 5.67 Å². The van der Waals surface area contributed by atoms with E-state index in [1.807, 2.05) is 31.2 Å². The van der Waals surface area contributed by atoms with Crippen LogP contribution in [0, 0.1) is 6.92 Å². The molecule has 0 bridgehead atoms. The summed E-state index contributed by atoms with van der Waals surface area (Å²) in [4.78, 5) is 18.3. The Morgan fingerprint density at radius 3 is 2.89 bits per heavy atom. The maximum absolute atomic E-state index is 15.4. The van der Waals surface area contributed by atoms with Crippen LogP contribution in [0.15, 0.2) is 28.8 Å². The number of hydrogen-bond acceptors (Lipinski definition) is 5. The zero-order chi connectivity index (χ0) is 18.9. The minimum absolute atomic E-state index is 0.0322. The van der Waals surface area contributed by atoms with Crippen LogP contribution in [0.5, 0.6) is 0 Å². The molecule has 8 heteroatoms. The molecule has 1 aromatic carbocycles. The van der Waals surface area contributed by atoms with Crippen LogP contribution in [-0.4, -0.2) is 47.4 Å². The van der Waals surface area contributed by atoms with Crippen LogP contribution in [0.4, 0.5) is 14.9 Å². The number of carbonyl (C=O) groups is 1. The number of likely N-dealkylation sites (tertiary alicyclic amines) is 1.